The van der Waals surface area contributed by atoms with Gasteiger partial charge >= 0.3 is 6.18 Å². The highest BCUT2D eigenvalue weighted by molar-refractivity contribution is 8.06. The first-order valence-corrected chi connectivity index (χ1v) is 12.2. The smallest absolute Gasteiger partial charge is 0.404 e. The van der Waals surface area contributed by atoms with Gasteiger partial charge in [-0.25, -0.2) is 0 Å². The van der Waals surface area contributed by atoms with E-state index in [4.69, 9.17) is 5.73 Å². The van der Waals surface area contributed by atoms with Gasteiger partial charge in [0.25, 0.3) is 5.91 Å². The van der Waals surface area contributed by atoms with Crippen LogP contribution in [0, 0.1) is 0 Å². The Bertz CT molecular complexity index is 984. The number of nitrogens with one attached hydrogen (secondary N) is 2. The Labute approximate surface area is 207 Å². The standard InChI is InChI=1S/C24H31F3N4O3S/c1-15(11-28)35-16(2)23(34)8-6-20(7-9-23)31-13-19(14-31)30-21(32)12-29-22(33)17-4-3-5-18(10-17)24(25,26)27/h3-5,10-11,19-20,34H,2,6-9,12-14,28H2,1H3,(H,29,33)(H,30,32)/b15-11-. The molecule has 3 rings (SSSR count). The molecule has 5 N–H and O–H groups in total. The summed E-state index contributed by atoms with van der Waals surface area (Å²) in [6.45, 7) is 6.91. The lowest BCUT2D eigenvalue weighted by molar-refractivity contribution is -0.137. The van der Waals surface area contributed by atoms with Crippen LogP contribution in [0.4, 0.5) is 13.2 Å². The highest BCUT2D eigenvalue weighted by atomic mass is 32.2. The SMILES string of the molecule is C=C(S/C(C)=C\N)C1(O)CCC(N2CC(NC(=O)CNC(=O)c3cccc(C(F)(F)F)c3)C2)CC1. The Morgan fingerprint density at radius 2 is 1.97 bits per heavy atom. The molecule has 1 heterocycles. The molecule has 1 saturated carbocycles. The van der Waals surface area contributed by atoms with Gasteiger partial charge in [0.2, 0.25) is 5.91 Å². The highest BCUT2D eigenvalue weighted by Crippen LogP contribution is 2.42. The van der Waals surface area contributed by atoms with Gasteiger partial charge in [-0.05, 0) is 50.8 Å². The van der Waals surface area contributed by atoms with Crippen molar-refractivity contribution < 1.29 is 27.9 Å². The quantitative estimate of drug-likeness (QED) is 0.427. The molecule has 11 heteroatoms. The minimum Gasteiger partial charge on any atom is -0.404 e. The second-order valence-electron chi connectivity index (χ2n) is 9.04. The predicted molar refractivity (Wildman–Crippen MR) is 129 cm³/mol. The molecule has 0 unspecified atom stereocenters. The van der Waals surface area contributed by atoms with E-state index in [0.29, 0.717) is 36.9 Å². The minimum atomic E-state index is -4.55. The van der Waals surface area contributed by atoms with Crippen molar-refractivity contribution in [3.8, 4) is 0 Å². The fraction of sp³-hybridized carbons (Fsp3) is 0.500. The molecule has 0 atom stereocenters. The van der Waals surface area contributed by atoms with Crippen LogP contribution in [0.25, 0.3) is 0 Å². The number of likely N-dealkylation sites (tertiary alicyclic amines) is 1. The van der Waals surface area contributed by atoms with Gasteiger partial charge in [0.05, 0.1) is 23.8 Å². The van der Waals surface area contributed by atoms with Crippen molar-refractivity contribution >= 4 is 23.6 Å². The van der Waals surface area contributed by atoms with Gasteiger partial charge in [0, 0.05) is 40.7 Å². The first kappa shape index (κ1) is 27.1. The summed E-state index contributed by atoms with van der Waals surface area (Å²) in [5.74, 6) is -1.14. The molecule has 2 fully saturated rings. The van der Waals surface area contributed by atoms with E-state index in [1.165, 1.54) is 24.0 Å². The first-order chi connectivity index (χ1) is 16.4. The molecule has 1 aliphatic carbocycles. The van der Waals surface area contributed by atoms with E-state index in [9.17, 15) is 27.9 Å². The molecule has 2 amide bonds. The fourth-order valence-corrected chi connectivity index (χ4v) is 5.18. The second kappa shape index (κ2) is 11.0. The van der Waals surface area contributed by atoms with Crippen LogP contribution in [-0.2, 0) is 11.0 Å². The lowest BCUT2D eigenvalue weighted by atomic mass is 9.80. The Hall–Kier alpha value is -2.50. The summed E-state index contributed by atoms with van der Waals surface area (Å²) in [7, 11) is 0. The van der Waals surface area contributed by atoms with Crippen LogP contribution in [-0.4, -0.2) is 59.1 Å². The maximum atomic E-state index is 12.8. The van der Waals surface area contributed by atoms with Crippen molar-refractivity contribution in [2.75, 3.05) is 19.6 Å². The van der Waals surface area contributed by atoms with E-state index in [0.717, 1.165) is 35.9 Å². The van der Waals surface area contributed by atoms with Gasteiger partial charge in [-0.2, -0.15) is 13.2 Å². The molecule has 1 saturated heterocycles. The molecule has 1 aromatic rings. The molecule has 2 aliphatic rings. The lowest BCUT2D eigenvalue weighted by Crippen LogP contribution is -2.63. The summed E-state index contributed by atoms with van der Waals surface area (Å²) in [4.78, 5) is 28.2. The van der Waals surface area contributed by atoms with E-state index in [1.54, 1.807) is 0 Å². The summed E-state index contributed by atoms with van der Waals surface area (Å²) in [5.41, 5.74) is 3.51. The van der Waals surface area contributed by atoms with E-state index in [-0.39, 0.29) is 18.2 Å². The Morgan fingerprint density at radius 1 is 1.31 bits per heavy atom. The molecular formula is C24H31F3N4O3S. The number of nitrogens with zero attached hydrogens (tertiary/aromatic N) is 1. The summed E-state index contributed by atoms with van der Waals surface area (Å²) in [6, 6.07) is 4.31. The number of allylic oxidation sites excluding steroid dienone is 1. The minimum absolute atomic E-state index is 0.0587. The van der Waals surface area contributed by atoms with Crippen LogP contribution in [0.3, 0.4) is 0 Å². The van der Waals surface area contributed by atoms with Gasteiger partial charge in [0.1, 0.15) is 0 Å². The van der Waals surface area contributed by atoms with Crippen molar-refractivity contribution in [1.29, 1.82) is 0 Å². The van der Waals surface area contributed by atoms with Crippen LogP contribution in [0.15, 0.2) is 46.9 Å². The number of benzene rings is 1. The zero-order valence-corrected chi connectivity index (χ0v) is 20.3. The number of amides is 2. The number of aliphatic hydroxyl groups is 1. The zero-order valence-electron chi connectivity index (χ0n) is 19.5. The fourth-order valence-electron chi connectivity index (χ4n) is 4.33. The summed E-state index contributed by atoms with van der Waals surface area (Å²) in [5, 5.41) is 16.1. The monoisotopic (exact) mass is 512 g/mol. The predicted octanol–water partition coefficient (Wildman–Crippen LogP) is 2.98. The van der Waals surface area contributed by atoms with E-state index in [2.05, 4.69) is 22.1 Å². The second-order valence-corrected chi connectivity index (χ2v) is 10.4. The van der Waals surface area contributed by atoms with Gasteiger partial charge in [-0.15, -0.1) is 0 Å². The molecule has 0 aromatic heterocycles. The third-order valence-corrected chi connectivity index (χ3v) is 7.56. The van der Waals surface area contributed by atoms with Crippen molar-refractivity contribution in [3.63, 3.8) is 0 Å². The van der Waals surface area contributed by atoms with Gasteiger partial charge in [-0.1, -0.05) is 24.4 Å². The molecule has 0 radical (unpaired) electrons. The molecule has 0 spiro atoms. The topological polar surface area (TPSA) is 108 Å². The van der Waals surface area contributed by atoms with E-state index >= 15 is 0 Å². The third kappa shape index (κ3) is 7.02. The number of alkyl halides is 3. The Kier molecular flexibility index (Phi) is 8.55. The maximum Gasteiger partial charge on any atom is 0.416 e. The number of hydrogen-bond acceptors (Lipinski definition) is 6. The molecular weight excluding hydrogens is 481 g/mol. The average Bonchev–Trinajstić information content (AvgIpc) is 2.79. The van der Waals surface area contributed by atoms with Crippen molar-refractivity contribution in [1.82, 2.24) is 15.5 Å². The Morgan fingerprint density at radius 3 is 2.57 bits per heavy atom. The van der Waals surface area contributed by atoms with Crippen LogP contribution >= 0.6 is 11.8 Å². The molecule has 7 nitrogen and oxygen atoms in total. The van der Waals surface area contributed by atoms with Crippen molar-refractivity contribution in [2.45, 2.75) is 56.5 Å². The molecule has 192 valence electrons. The Balaban J connectivity index is 1.37. The zero-order chi connectivity index (χ0) is 25.8. The van der Waals surface area contributed by atoms with Crippen LogP contribution < -0.4 is 16.4 Å². The third-order valence-electron chi connectivity index (χ3n) is 6.47. The van der Waals surface area contributed by atoms with Crippen LogP contribution in [0.1, 0.15) is 48.5 Å². The number of thioether (sulfide) groups is 1. The summed E-state index contributed by atoms with van der Waals surface area (Å²) in [6.07, 6.45) is -0.206. The lowest BCUT2D eigenvalue weighted by Gasteiger charge is -2.48. The van der Waals surface area contributed by atoms with Gasteiger partial charge in [0.15, 0.2) is 0 Å². The molecule has 1 aliphatic heterocycles. The average molecular weight is 513 g/mol. The molecule has 1 aromatic carbocycles. The first-order valence-electron chi connectivity index (χ1n) is 11.4. The van der Waals surface area contributed by atoms with Gasteiger partial charge < -0.3 is 21.5 Å². The maximum absolute atomic E-state index is 12.8. The summed E-state index contributed by atoms with van der Waals surface area (Å²) < 4.78 is 38.4. The number of halogens is 3. The molecule has 35 heavy (non-hydrogen) atoms. The number of nitrogens with two attached hydrogens (primary N) is 1. The number of carbonyl (C=O) groups is 2. The largest absolute Gasteiger partial charge is 0.416 e. The molecule has 0 bridgehead atoms. The number of rotatable bonds is 8. The number of carbonyl (C=O) groups excluding carboxylic acids is 2. The number of hydrogen-bond donors (Lipinski definition) is 4. The van der Waals surface area contributed by atoms with Crippen LogP contribution in [0.2, 0.25) is 0 Å². The van der Waals surface area contributed by atoms with Gasteiger partial charge in [-0.3, -0.25) is 14.5 Å². The van der Waals surface area contributed by atoms with E-state index in [1.807, 2.05) is 6.92 Å². The van der Waals surface area contributed by atoms with Crippen molar-refractivity contribution in [2.24, 2.45) is 5.73 Å². The van der Waals surface area contributed by atoms with Crippen molar-refractivity contribution in [3.05, 3.63) is 58.0 Å². The summed E-state index contributed by atoms with van der Waals surface area (Å²) >= 11 is 1.40. The highest BCUT2D eigenvalue weighted by Gasteiger charge is 2.41. The van der Waals surface area contributed by atoms with E-state index < -0.39 is 29.2 Å². The van der Waals surface area contributed by atoms with Crippen LogP contribution in [0.5, 0.6) is 0 Å². The normalized spacial score (nSPS) is 23.9.